The van der Waals surface area contributed by atoms with Crippen LogP contribution in [-0.2, 0) is 13.1 Å². The minimum atomic E-state index is 0.698. The fraction of sp³-hybridized carbons (Fsp3) is 0.647. The first-order valence-electron chi connectivity index (χ1n) is 7.56. The van der Waals surface area contributed by atoms with E-state index in [1.165, 1.54) is 24.1 Å². The van der Waals surface area contributed by atoms with Gasteiger partial charge >= 0.3 is 0 Å². The average molecular weight is 260 g/mol. The molecule has 2 heteroatoms. The van der Waals surface area contributed by atoms with Crippen molar-refractivity contribution in [3.05, 3.63) is 35.4 Å². The van der Waals surface area contributed by atoms with Gasteiger partial charge in [0.15, 0.2) is 0 Å². The van der Waals surface area contributed by atoms with Crippen LogP contribution in [-0.4, -0.2) is 24.5 Å². The van der Waals surface area contributed by atoms with Crippen LogP contribution in [0, 0.1) is 11.8 Å². The molecular formula is C17H28N2. The van der Waals surface area contributed by atoms with Crippen molar-refractivity contribution in [2.75, 3.05) is 13.6 Å². The van der Waals surface area contributed by atoms with Crippen molar-refractivity contribution in [3.8, 4) is 0 Å². The molecule has 1 fully saturated rings. The van der Waals surface area contributed by atoms with Crippen LogP contribution in [0.3, 0.4) is 0 Å². The van der Waals surface area contributed by atoms with E-state index in [1.54, 1.807) is 0 Å². The Morgan fingerprint density at radius 3 is 2.68 bits per heavy atom. The van der Waals surface area contributed by atoms with E-state index in [0.717, 1.165) is 24.9 Å². The smallest absolute Gasteiger partial charge is 0.0236 e. The van der Waals surface area contributed by atoms with E-state index < -0.39 is 0 Å². The quantitative estimate of drug-likeness (QED) is 0.894. The van der Waals surface area contributed by atoms with Crippen molar-refractivity contribution >= 4 is 0 Å². The summed E-state index contributed by atoms with van der Waals surface area (Å²) in [6.07, 6.45) is 1.37. The predicted molar refractivity (Wildman–Crippen MR) is 82.0 cm³/mol. The largest absolute Gasteiger partial charge is 0.316 e. The first-order chi connectivity index (χ1) is 9.10. The summed E-state index contributed by atoms with van der Waals surface area (Å²) in [5, 5.41) is 3.22. The Hall–Kier alpha value is -0.860. The third-order valence-corrected chi connectivity index (χ3v) is 4.48. The van der Waals surface area contributed by atoms with Crippen molar-refractivity contribution in [2.45, 2.75) is 46.3 Å². The van der Waals surface area contributed by atoms with E-state index in [9.17, 15) is 0 Å². The number of nitrogens with zero attached hydrogens (tertiary/aromatic N) is 1. The fourth-order valence-corrected chi connectivity index (χ4v) is 3.32. The molecule has 1 heterocycles. The van der Waals surface area contributed by atoms with Crippen LogP contribution in [0.15, 0.2) is 24.3 Å². The van der Waals surface area contributed by atoms with Gasteiger partial charge in [0.1, 0.15) is 0 Å². The van der Waals surface area contributed by atoms with E-state index in [0.29, 0.717) is 6.04 Å². The number of likely N-dealkylation sites (tertiary alicyclic amines) is 1. The highest BCUT2D eigenvalue weighted by Gasteiger charge is 2.28. The van der Waals surface area contributed by atoms with Gasteiger partial charge in [-0.1, -0.05) is 38.1 Å². The molecule has 1 aromatic rings. The average Bonchev–Trinajstić information content (AvgIpc) is 2.36. The molecule has 1 saturated heterocycles. The van der Waals surface area contributed by atoms with Gasteiger partial charge in [-0.05, 0) is 43.4 Å². The van der Waals surface area contributed by atoms with Gasteiger partial charge in [0.2, 0.25) is 0 Å². The molecule has 0 amide bonds. The number of hydrogen-bond donors (Lipinski definition) is 1. The molecule has 0 aliphatic carbocycles. The van der Waals surface area contributed by atoms with Gasteiger partial charge in [-0.2, -0.15) is 0 Å². The summed E-state index contributed by atoms with van der Waals surface area (Å²) in [5.41, 5.74) is 2.83. The Kier molecular flexibility index (Phi) is 5.00. The molecule has 0 bridgehead atoms. The standard InChI is InChI=1S/C17H28N2/c1-13-8-14(2)15(3)19(11-13)12-17-7-5-6-16(9-17)10-18-4/h5-7,9,13-15,18H,8,10-12H2,1-4H3. The molecule has 1 aliphatic rings. The van der Waals surface area contributed by atoms with Crippen molar-refractivity contribution in [3.63, 3.8) is 0 Å². The molecule has 2 nitrogen and oxygen atoms in total. The Morgan fingerprint density at radius 1 is 1.21 bits per heavy atom. The first kappa shape index (κ1) is 14.5. The number of benzene rings is 1. The summed E-state index contributed by atoms with van der Waals surface area (Å²) in [4.78, 5) is 2.65. The minimum absolute atomic E-state index is 0.698. The second-order valence-corrected chi connectivity index (χ2v) is 6.34. The lowest BCUT2D eigenvalue weighted by molar-refractivity contribution is 0.0729. The topological polar surface area (TPSA) is 15.3 Å². The first-order valence-corrected chi connectivity index (χ1v) is 7.56. The van der Waals surface area contributed by atoms with Gasteiger partial charge in [0.25, 0.3) is 0 Å². The number of hydrogen-bond acceptors (Lipinski definition) is 2. The van der Waals surface area contributed by atoms with Crippen LogP contribution in [0.25, 0.3) is 0 Å². The summed E-state index contributed by atoms with van der Waals surface area (Å²) in [7, 11) is 2.00. The van der Waals surface area contributed by atoms with Crippen molar-refractivity contribution in [1.82, 2.24) is 10.2 Å². The van der Waals surface area contributed by atoms with Crippen LogP contribution in [0.5, 0.6) is 0 Å². The summed E-state index contributed by atoms with van der Waals surface area (Å²) >= 11 is 0. The van der Waals surface area contributed by atoms with Crippen LogP contribution in [0.1, 0.15) is 38.3 Å². The third-order valence-electron chi connectivity index (χ3n) is 4.48. The van der Waals surface area contributed by atoms with E-state index in [2.05, 4.69) is 55.3 Å². The maximum absolute atomic E-state index is 3.22. The zero-order valence-electron chi connectivity index (χ0n) is 12.8. The van der Waals surface area contributed by atoms with Gasteiger partial charge < -0.3 is 5.32 Å². The minimum Gasteiger partial charge on any atom is -0.316 e. The second kappa shape index (κ2) is 6.53. The molecular weight excluding hydrogens is 232 g/mol. The Bertz CT molecular complexity index is 402. The van der Waals surface area contributed by atoms with Crippen molar-refractivity contribution in [2.24, 2.45) is 11.8 Å². The van der Waals surface area contributed by atoms with Gasteiger partial charge in [-0.25, -0.2) is 0 Å². The number of rotatable bonds is 4. The molecule has 2 rings (SSSR count). The van der Waals surface area contributed by atoms with Crippen LogP contribution < -0.4 is 5.32 Å². The van der Waals surface area contributed by atoms with Crippen molar-refractivity contribution in [1.29, 1.82) is 0 Å². The highest BCUT2D eigenvalue weighted by Crippen LogP contribution is 2.28. The lowest BCUT2D eigenvalue weighted by atomic mass is 9.86. The molecule has 1 N–H and O–H groups in total. The molecule has 0 radical (unpaired) electrons. The molecule has 3 atom stereocenters. The van der Waals surface area contributed by atoms with Crippen LogP contribution in [0.4, 0.5) is 0 Å². The van der Waals surface area contributed by atoms with E-state index >= 15 is 0 Å². The molecule has 0 aromatic heterocycles. The van der Waals surface area contributed by atoms with E-state index in [1.807, 2.05) is 7.05 Å². The SMILES string of the molecule is CNCc1cccc(CN2CC(C)CC(C)C2C)c1. The number of piperidine rings is 1. The second-order valence-electron chi connectivity index (χ2n) is 6.34. The monoisotopic (exact) mass is 260 g/mol. The summed E-state index contributed by atoms with van der Waals surface area (Å²) < 4.78 is 0. The molecule has 3 unspecified atom stereocenters. The number of nitrogens with one attached hydrogen (secondary N) is 1. The zero-order chi connectivity index (χ0) is 13.8. The van der Waals surface area contributed by atoms with E-state index in [-0.39, 0.29) is 0 Å². The fourth-order valence-electron chi connectivity index (χ4n) is 3.32. The van der Waals surface area contributed by atoms with Gasteiger partial charge in [-0.15, -0.1) is 0 Å². The van der Waals surface area contributed by atoms with Gasteiger partial charge in [0, 0.05) is 25.7 Å². The van der Waals surface area contributed by atoms with Crippen molar-refractivity contribution < 1.29 is 0 Å². The molecule has 0 saturated carbocycles. The maximum Gasteiger partial charge on any atom is 0.0236 e. The maximum atomic E-state index is 3.22. The molecule has 106 valence electrons. The van der Waals surface area contributed by atoms with Gasteiger partial charge in [0.05, 0.1) is 0 Å². The summed E-state index contributed by atoms with van der Waals surface area (Å²) in [5.74, 6) is 1.64. The lowest BCUT2D eigenvalue weighted by Crippen LogP contribution is -2.45. The van der Waals surface area contributed by atoms with Crippen LogP contribution >= 0.6 is 0 Å². The molecule has 1 aromatic carbocycles. The third kappa shape index (κ3) is 3.80. The lowest BCUT2D eigenvalue weighted by Gasteiger charge is -2.41. The summed E-state index contributed by atoms with van der Waals surface area (Å²) in [6, 6.07) is 9.68. The Balaban J connectivity index is 2.05. The Morgan fingerprint density at radius 2 is 1.95 bits per heavy atom. The predicted octanol–water partition coefficient (Wildman–Crippen LogP) is 3.27. The summed E-state index contributed by atoms with van der Waals surface area (Å²) in [6.45, 7) is 10.4. The van der Waals surface area contributed by atoms with E-state index in [4.69, 9.17) is 0 Å². The van der Waals surface area contributed by atoms with Gasteiger partial charge in [-0.3, -0.25) is 4.90 Å². The zero-order valence-corrected chi connectivity index (χ0v) is 12.8. The Labute approximate surface area is 118 Å². The molecule has 1 aliphatic heterocycles. The van der Waals surface area contributed by atoms with Crippen LogP contribution in [0.2, 0.25) is 0 Å². The molecule has 0 spiro atoms. The normalized spacial score (nSPS) is 28.5. The highest BCUT2D eigenvalue weighted by molar-refractivity contribution is 5.23. The molecule has 19 heavy (non-hydrogen) atoms. The highest BCUT2D eigenvalue weighted by atomic mass is 15.2.